The first-order valence-electron chi connectivity index (χ1n) is 19.5. The zero-order valence-corrected chi connectivity index (χ0v) is 30.9. The minimum absolute atomic E-state index is 0.00201. The lowest BCUT2D eigenvalue weighted by Crippen LogP contribution is -2.56. The van der Waals surface area contributed by atoms with Crippen molar-refractivity contribution in [2.24, 2.45) is 10.9 Å². The number of ether oxygens (including phenoxy) is 1. The molecule has 268 valence electrons. The van der Waals surface area contributed by atoms with Gasteiger partial charge in [-0.05, 0) is 70.3 Å². The van der Waals surface area contributed by atoms with Gasteiger partial charge in [0.25, 0.3) is 5.91 Å². The van der Waals surface area contributed by atoms with E-state index in [9.17, 15) is 14.4 Å². The number of guanidine groups is 1. The fourth-order valence-electron chi connectivity index (χ4n) is 8.28. The Morgan fingerprint density at radius 3 is 2.27 bits per heavy atom. The number of fused-ring (bicyclic) bond motifs is 1. The van der Waals surface area contributed by atoms with Crippen LogP contribution in [-0.2, 0) is 25.7 Å². The molecule has 1 aromatic carbocycles. The standard InChI is InChI=1S/C40H64N4O4/c1-7-11-14-21-29(5)42-38(46)35(20-9-3)43(40(42)41-33(10-4)25-15-12-8-2)30(6)37(45)44-34-26-19-18-24-32(34)27-36(44)39(47)48-28-31-22-16-13-17-23-31/h13,16-17,22-23,29-30,32-36H,7-12,14-15,18-21,24-28H2,1-6H3/t29?,30-,32-,33?,34-,35?,36?/m0/s1. The van der Waals surface area contributed by atoms with Gasteiger partial charge in [-0.2, -0.15) is 0 Å². The summed E-state index contributed by atoms with van der Waals surface area (Å²) in [6.45, 7) is 13.0. The summed E-state index contributed by atoms with van der Waals surface area (Å²) in [5.41, 5.74) is 0.934. The summed E-state index contributed by atoms with van der Waals surface area (Å²) in [7, 11) is 0. The number of esters is 1. The SMILES string of the molecule is CCCCCC(CC)N=C1N(C(C)CCCCC)C(=O)C(CCC)N1[C@@H](C)C(=O)N1C(C(=O)OCc2ccccc2)C[C@@H]2CCCC[C@@H]21. The van der Waals surface area contributed by atoms with Crippen LogP contribution in [0.25, 0.3) is 0 Å². The molecule has 0 aromatic heterocycles. The molecule has 4 rings (SSSR count). The Labute approximate surface area is 291 Å². The summed E-state index contributed by atoms with van der Waals surface area (Å²) >= 11 is 0. The van der Waals surface area contributed by atoms with Crippen LogP contribution >= 0.6 is 0 Å². The van der Waals surface area contributed by atoms with Crippen LogP contribution in [-0.4, -0.2) is 74.7 Å². The highest BCUT2D eigenvalue weighted by atomic mass is 16.5. The number of likely N-dealkylation sites (tertiary alicyclic amines) is 1. The largest absolute Gasteiger partial charge is 0.459 e. The lowest BCUT2D eigenvalue weighted by atomic mass is 9.84. The van der Waals surface area contributed by atoms with Crippen molar-refractivity contribution in [3.8, 4) is 0 Å². The third-order valence-electron chi connectivity index (χ3n) is 11.1. The molecule has 2 aliphatic heterocycles. The molecule has 8 heteroatoms. The van der Waals surface area contributed by atoms with E-state index in [1.54, 1.807) is 0 Å². The van der Waals surface area contributed by atoms with Crippen LogP contribution in [0.5, 0.6) is 0 Å². The van der Waals surface area contributed by atoms with Gasteiger partial charge in [0, 0.05) is 12.1 Å². The summed E-state index contributed by atoms with van der Waals surface area (Å²) in [5, 5.41) is 0. The molecule has 2 amide bonds. The average molecular weight is 665 g/mol. The van der Waals surface area contributed by atoms with Gasteiger partial charge < -0.3 is 14.5 Å². The van der Waals surface area contributed by atoms with Gasteiger partial charge in [0.1, 0.15) is 24.7 Å². The fourth-order valence-corrected chi connectivity index (χ4v) is 8.28. The van der Waals surface area contributed by atoms with Gasteiger partial charge in [-0.15, -0.1) is 0 Å². The quantitative estimate of drug-likeness (QED) is 0.117. The lowest BCUT2D eigenvalue weighted by Gasteiger charge is -2.39. The maximum atomic E-state index is 14.9. The molecule has 0 bridgehead atoms. The normalized spacial score (nSPS) is 25.3. The van der Waals surface area contributed by atoms with Gasteiger partial charge in [-0.3, -0.25) is 14.5 Å². The third-order valence-corrected chi connectivity index (χ3v) is 11.1. The summed E-state index contributed by atoms with van der Waals surface area (Å²) in [6, 6.07) is 8.15. The predicted octanol–water partition coefficient (Wildman–Crippen LogP) is 8.27. The second-order valence-corrected chi connectivity index (χ2v) is 14.6. The molecule has 8 nitrogen and oxygen atoms in total. The number of amides is 2. The predicted molar refractivity (Wildman–Crippen MR) is 193 cm³/mol. The molecule has 4 unspecified atom stereocenters. The summed E-state index contributed by atoms with van der Waals surface area (Å²) in [5.74, 6) is 0.639. The van der Waals surface area contributed by atoms with Gasteiger partial charge >= 0.3 is 5.97 Å². The first-order valence-corrected chi connectivity index (χ1v) is 19.5. The molecule has 1 aliphatic carbocycles. The molecule has 0 spiro atoms. The van der Waals surface area contributed by atoms with Crippen LogP contribution in [0.4, 0.5) is 0 Å². The number of hydrogen-bond donors (Lipinski definition) is 0. The van der Waals surface area contributed by atoms with Gasteiger partial charge in [0.05, 0.1) is 6.04 Å². The maximum Gasteiger partial charge on any atom is 0.329 e. The second kappa shape index (κ2) is 18.7. The number of carbonyl (C=O) groups excluding carboxylic acids is 3. The Balaban J connectivity index is 1.68. The Hall–Kier alpha value is -2.90. The second-order valence-electron chi connectivity index (χ2n) is 14.6. The van der Waals surface area contributed by atoms with Gasteiger partial charge in [-0.1, -0.05) is 116 Å². The van der Waals surface area contributed by atoms with Crippen molar-refractivity contribution in [2.75, 3.05) is 0 Å². The monoisotopic (exact) mass is 664 g/mol. The van der Waals surface area contributed by atoms with E-state index >= 15 is 0 Å². The summed E-state index contributed by atoms with van der Waals surface area (Å²) in [4.78, 5) is 54.4. The van der Waals surface area contributed by atoms with E-state index in [2.05, 4.69) is 39.5 Å². The van der Waals surface area contributed by atoms with Gasteiger partial charge in [0.15, 0.2) is 0 Å². The maximum absolute atomic E-state index is 14.9. The summed E-state index contributed by atoms with van der Waals surface area (Å²) in [6.07, 6.45) is 15.7. The number of hydrogen-bond acceptors (Lipinski definition) is 5. The molecule has 1 aromatic rings. The third kappa shape index (κ3) is 9.01. The molecule has 7 atom stereocenters. The van der Waals surface area contributed by atoms with Crippen LogP contribution in [0.15, 0.2) is 35.3 Å². The van der Waals surface area contributed by atoms with E-state index < -0.39 is 18.1 Å². The van der Waals surface area contributed by atoms with Crippen LogP contribution < -0.4 is 0 Å². The average Bonchev–Trinajstić information content (AvgIpc) is 3.61. The van der Waals surface area contributed by atoms with Crippen molar-refractivity contribution in [3.63, 3.8) is 0 Å². The molecule has 3 fully saturated rings. The lowest BCUT2D eigenvalue weighted by molar-refractivity contribution is -0.157. The zero-order valence-electron chi connectivity index (χ0n) is 30.9. The van der Waals surface area contributed by atoms with Crippen molar-refractivity contribution >= 4 is 23.7 Å². The summed E-state index contributed by atoms with van der Waals surface area (Å²) < 4.78 is 5.88. The van der Waals surface area contributed by atoms with Crippen LogP contribution in [0.1, 0.15) is 150 Å². The van der Waals surface area contributed by atoms with E-state index in [-0.39, 0.29) is 42.5 Å². The highest BCUT2D eigenvalue weighted by Gasteiger charge is 2.53. The first-order chi connectivity index (χ1) is 23.3. The number of aliphatic imine (C=N–C) groups is 1. The number of carbonyl (C=O) groups is 3. The highest BCUT2D eigenvalue weighted by Crippen LogP contribution is 2.41. The van der Waals surface area contributed by atoms with E-state index in [1.807, 2.05) is 47.1 Å². The van der Waals surface area contributed by atoms with Gasteiger partial charge in [0.2, 0.25) is 11.9 Å². The molecule has 48 heavy (non-hydrogen) atoms. The minimum Gasteiger partial charge on any atom is -0.459 e. The molecular formula is C40H64N4O4. The Kier molecular flexibility index (Phi) is 14.8. The Morgan fingerprint density at radius 2 is 1.60 bits per heavy atom. The molecule has 2 heterocycles. The van der Waals surface area contributed by atoms with E-state index in [0.29, 0.717) is 24.7 Å². The van der Waals surface area contributed by atoms with E-state index in [1.165, 1.54) is 0 Å². The number of unbranched alkanes of at least 4 members (excludes halogenated alkanes) is 4. The Morgan fingerprint density at radius 1 is 0.917 bits per heavy atom. The molecule has 0 radical (unpaired) electrons. The van der Waals surface area contributed by atoms with Crippen molar-refractivity contribution < 1.29 is 19.1 Å². The smallest absolute Gasteiger partial charge is 0.329 e. The minimum atomic E-state index is -0.629. The van der Waals surface area contributed by atoms with E-state index in [4.69, 9.17) is 9.73 Å². The molecule has 1 saturated carbocycles. The zero-order chi connectivity index (χ0) is 34.6. The van der Waals surface area contributed by atoms with Crippen LogP contribution in [0, 0.1) is 5.92 Å². The van der Waals surface area contributed by atoms with E-state index in [0.717, 1.165) is 95.5 Å². The number of nitrogens with zero attached hydrogens (tertiary/aromatic N) is 4. The van der Waals surface area contributed by atoms with Crippen LogP contribution in [0.2, 0.25) is 0 Å². The van der Waals surface area contributed by atoms with Crippen molar-refractivity contribution in [1.82, 2.24) is 14.7 Å². The molecule has 0 N–H and O–H groups in total. The van der Waals surface area contributed by atoms with Crippen LogP contribution in [0.3, 0.4) is 0 Å². The van der Waals surface area contributed by atoms with Gasteiger partial charge in [-0.25, -0.2) is 9.79 Å². The molecular weight excluding hydrogens is 600 g/mol. The van der Waals surface area contributed by atoms with Crippen molar-refractivity contribution in [3.05, 3.63) is 35.9 Å². The van der Waals surface area contributed by atoms with Crippen molar-refractivity contribution in [1.29, 1.82) is 0 Å². The fraction of sp³-hybridized carbons (Fsp3) is 0.750. The molecule has 3 aliphatic rings. The molecule has 2 saturated heterocycles. The highest BCUT2D eigenvalue weighted by molar-refractivity contribution is 6.08. The Bertz CT molecular complexity index is 1200. The first kappa shape index (κ1) is 37.9. The number of benzene rings is 1. The number of rotatable bonds is 18. The topological polar surface area (TPSA) is 82.5 Å². The van der Waals surface area contributed by atoms with Crippen molar-refractivity contribution in [2.45, 2.75) is 187 Å².